The van der Waals surface area contributed by atoms with E-state index in [-0.39, 0.29) is 12.5 Å². The van der Waals surface area contributed by atoms with Gasteiger partial charge < -0.3 is 5.32 Å². The molecule has 0 aromatic carbocycles. The lowest BCUT2D eigenvalue weighted by atomic mass is 10.3. The minimum Gasteiger partial charge on any atom is -0.316 e. The van der Waals surface area contributed by atoms with Crippen LogP contribution in [0.4, 0.5) is 5.00 Å². The van der Waals surface area contributed by atoms with Crippen molar-refractivity contribution >= 4 is 34.9 Å². The predicted octanol–water partition coefficient (Wildman–Crippen LogP) is 3.27. The fourth-order valence-corrected chi connectivity index (χ4v) is 2.74. The van der Waals surface area contributed by atoms with Crippen LogP contribution in [0.3, 0.4) is 0 Å². The van der Waals surface area contributed by atoms with Crippen LogP contribution in [0.2, 0.25) is 0 Å². The third-order valence-electron chi connectivity index (χ3n) is 2.48. The normalized spacial score (nSPS) is 9.95. The van der Waals surface area contributed by atoms with E-state index in [1.54, 1.807) is 12.4 Å². The van der Waals surface area contributed by atoms with Gasteiger partial charge in [-0.2, -0.15) is 12.6 Å². The van der Waals surface area contributed by atoms with E-state index >= 15 is 0 Å². The van der Waals surface area contributed by atoms with Crippen LogP contribution in [0, 0.1) is 0 Å². The number of carbonyl (C=O) groups excluding carboxylic acids is 1. The summed E-state index contributed by atoms with van der Waals surface area (Å²) < 4.78 is 0. The molecule has 21 heavy (non-hydrogen) atoms. The van der Waals surface area contributed by atoms with Crippen LogP contribution in [0.1, 0.15) is 12.1 Å². The molecule has 0 aliphatic rings. The van der Waals surface area contributed by atoms with E-state index in [1.807, 2.05) is 12.1 Å². The van der Waals surface area contributed by atoms with Gasteiger partial charge in [-0.15, -0.1) is 0 Å². The van der Waals surface area contributed by atoms with Crippen molar-refractivity contribution in [1.29, 1.82) is 0 Å². The Balaban J connectivity index is 2.30. The second-order valence-corrected chi connectivity index (χ2v) is 5.39. The first-order chi connectivity index (χ1) is 10.2. The molecule has 0 atom stereocenters. The molecule has 1 amide bonds. The van der Waals surface area contributed by atoms with Gasteiger partial charge in [0.2, 0.25) is 5.91 Å². The summed E-state index contributed by atoms with van der Waals surface area (Å²) in [7, 11) is 0. The summed E-state index contributed by atoms with van der Waals surface area (Å²) in [6.45, 7) is 0.0871. The third-order valence-corrected chi connectivity index (χ3v) is 3.77. The number of azide groups is 1. The standard InChI is InChI=1S/C12H12N6OS2/c13-18-15-7-9-12(17-10(19)3-5-20)21-11(16-9)8-2-1-4-14-6-8/h1-2,4,6,20H,3,5,7H2,(H,17,19). The van der Waals surface area contributed by atoms with Crippen molar-refractivity contribution in [1.82, 2.24) is 9.97 Å². The molecule has 108 valence electrons. The van der Waals surface area contributed by atoms with Crippen LogP contribution in [-0.2, 0) is 11.3 Å². The lowest BCUT2D eigenvalue weighted by Gasteiger charge is -2.01. The first-order valence-corrected chi connectivity index (χ1v) is 7.51. The Kier molecular flexibility index (Phi) is 5.56. The molecule has 0 saturated carbocycles. The smallest absolute Gasteiger partial charge is 0.225 e. The van der Waals surface area contributed by atoms with Gasteiger partial charge >= 0.3 is 0 Å². The number of anilines is 1. The Morgan fingerprint density at radius 2 is 2.43 bits per heavy atom. The number of carbonyl (C=O) groups is 1. The van der Waals surface area contributed by atoms with Crippen LogP contribution < -0.4 is 5.32 Å². The third kappa shape index (κ3) is 4.19. The zero-order chi connectivity index (χ0) is 15.1. The SMILES string of the molecule is [N-]=[N+]=NCc1nc(-c2cccnc2)sc1NC(=O)CCS. The number of hydrogen-bond acceptors (Lipinski definition) is 6. The van der Waals surface area contributed by atoms with Crippen molar-refractivity contribution in [3.8, 4) is 10.6 Å². The van der Waals surface area contributed by atoms with E-state index < -0.39 is 0 Å². The van der Waals surface area contributed by atoms with Crippen molar-refractivity contribution in [2.75, 3.05) is 11.1 Å². The average Bonchev–Trinajstić information content (AvgIpc) is 2.89. The molecule has 9 heteroatoms. The van der Waals surface area contributed by atoms with Crippen molar-refractivity contribution < 1.29 is 4.79 Å². The fraction of sp³-hybridized carbons (Fsp3) is 0.250. The Hall–Kier alpha value is -2.09. The van der Waals surface area contributed by atoms with E-state index in [1.165, 1.54) is 11.3 Å². The number of amides is 1. The predicted molar refractivity (Wildman–Crippen MR) is 85.3 cm³/mol. The zero-order valence-corrected chi connectivity index (χ0v) is 12.6. The average molecular weight is 320 g/mol. The van der Waals surface area contributed by atoms with E-state index in [4.69, 9.17) is 5.53 Å². The number of pyridine rings is 1. The molecule has 0 fully saturated rings. The molecule has 0 bridgehead atoms. The van der Waals surface area contributed by atoms with Crippen LogP contribution in [0.25, 0.3) is 21.0 Å². The highest BCUT2D eigenvalue weighted by Crippen LogP contribution is 2.32. The Labute approximate surface area is 130 Å². The molecule has 7 nitrogen and oxygen atoms in total. The quantitative estimate of drug-likeness (QED) is 0.369. The van der Waals surface area contributed by atoms with E-state index in [9.17, 15) is 4.79 Å². The number of nitrogens with zero attached hydrogens (tertiary/aromatic N) is 5. The summed E-state index contributed by atoms with van der Waals surface area (Å²) in [6, 6.07) is 3.69. The molecule has 0 unspecified atom stereocenters. The van der Waals surface area contributed by atoms with E-state index in [0.29, 0.717) is 27.9 Å². The highest BCUT2D eigenvalue weighted by molar-refractivity contribution is 7.80. The topological polar surface area (TPSA) is 104 Å². The number of thiazole rings is 1. The first kappa shape index (κ1) is 15.3. The largest absolute Gasteiger partial charge is 0.316 e. The van der Waals surface area contributed by atoms with Gasteiger partial charge in [0.25, 0.3) is 0 Å². The lowest BCUT2D eigenvalue weighted by molar-refractivity contribution is -0.115. The minimum atomic E-state index is -0.145. The summed E-state index contributed by atoms with van der Waals surface area (Å²) in [5.41, 5.74) is 9.83. The highest BCUT2D eigenvalue weighted by atomic mass is 32.1. The highest BCUT2D eigenvalue weighted by Gasteiger charge is 2.14. The monoisotopic (exact) mass is 320 g/mol. The second-order valence-electron chi connectivity index (χ2n) is 3.95. The molecule has 0 aliphatic heterocycles. The van der Waals surface area contributed by atoms with Crippen molar-refractivity contribution in [3.63, 3.8) is 0 Å². The summed E-state index contributed by atoms with van der Waals surface area (Å²) in [6.07, 6.45) is 3.67. The summed E-state index contributed by atoms with van der Waals surface area (Å²) in [5, 5.41) is 7.59. The number of hydrogen-bond donors (Lipinski definition) is 2. The molecule has 0 radical (unpaired) electrons. The minimum absolute atomic E-state index is 0.0871. The summed E-state index contributed by atoms with van der Waals surface area (Å²) in [5.74, 6) is 0.319. The van der Waals surface area contributed by atoms with Crippen LogP contribution in [-0.4, -0.2) is 21.6 Å². The molecule has 2 aromatic rings. The van der Waals surface area contributed by atoms with Crippen LogP contribution in [0.15, 0.2) is 29.6 Å². The van der Waals surface area contributed by atoms with Crippen molar-refractivity contribution in [2.24, 2.45) is 5.11 Å². The summed E-state index contributed by atoms with van der Waals surface area (Å²) >= 11 is 5.35. The van der Waals surface area contributed by atoms with Crippen LogP contribution in [0.5, 0.6) is 0 Å². The fourth-order valence-electron chi connectivity index (χ4n) is 1.56. The van der Waals surface area contributed by atoms with Gasteiger partial charge in [-0.05, 0) is 23.4 Å². The van der Waals surface area contributed by atoms with Gasteiger partial charge in [0, 0.05) is 29.3 Å². The molecular weight excluding hydrogens is 308 g/mol. The molecule has 2 aromatic heterocycles. The van der Waals surface area contributed by atoms with Gasteiger partial charge in [-0.1, -0.05) is 16.5 Å². The van der Waals surface area contributed by atoms with Gasteiger partial charge in [0.1, 0.15) is 10.0 Å². The van der Waals surface area contributed by atoms with E-state index in [2.05, 4.69) is 37.9 Å². The molecule has 0 spiro atoms. The number of aromatic nitrogens is 2. The Morgan fingerprint density at radius 1 is 1.57 bits per heavy atom. The number of thiol groups is 1. The van der Waals surface area contributed by atoms with Gasteiger partial charge in [-0.3, -0.25) is 9.78 Å². The molecule has 1 N–H and O–H groups in total. The molecular formula is C12H12N6OS2. The maximum atomic E-state index is 11.7. The molecule has 2 rings (SSSR count). The van der Waals surface area contributed by atoms with Crippen molar-refractivity contribution in [2.45, 2.75) is 13.0 Å². The maximum absolute atomic E-state index is 11.7. The number of rotatable bonds is 6. The van der Waals surface area contributed by atoms with Crippen LogP contribution >= 0.6 is 24.0 Å². The van der Waals surface area contributed by atoms with Crippen molar-refractivity contribution in [3.05, 3.63) is 40.7 Å². The van der Waals surface area contributed by atoms with Gasteiger partial charge in [0.05, 0.1) is 12.2 Å². The van der Waals surface area contributed by atoms with Gasteiger partial charge in [0.15, 0.2) is 0 Å². The molecule has 2 heterocycles. The first-order valence-electron chi connectivity index (χ1n) is 6.06. The Bertz CT molecular complexity index is 666. The molecule has 0 aliphatic carbocycles. The summed E-state index contributed by atoms with van der Waals surface area (Å²) in [4.78, 5) is 22.9. The zero-order valence-electron chi connectivity index (χ0n) is 10.9. The second kappa shape index (κ2) is 7.63. The maximum Gasteiger partial charge on any atom is 0.225 e. The number of nitrogens with one attached hydrogen (secondary N) is 1. The van der Waals surface area contributed by atoms with E-state index in [0.717, 1.165) is 5.56 Å². The molecule has 0 saturated heterocycles. The Morgan fingerprint density at radius 3 is 3.10 bits per heavy atom. The van der Waals surface area contributed by atoms with Gasteiger partial charge in [-0.25, -0.2) is 4.98 Å². The lowest BCUT2D eigenvalue weighted by Crippen LogP contribution is -2.11.